The number of nitrogens with one attached hydrogen (secondary N) is 1. The molecular weight excluding hydrogens is 226 g/mol. The highest BCUT2D eigenvalue weighted by atomic mass is 16.5. The van der Waals surface area contributed by atoms with E-state index in [1.165, 1.54) is 5.56 Å². The van der Waals surface area contributed by atoms with Gasteiger partial charge in [0.25, 0.3) is 0 Å². The van der Waals surface area contributed by atoms with Crippen molar-refractivity contribution in [2.45, 2.75) is 26.7 Å². The molecule has 0 heterocycles. The molecule has 1 aliphatic carbocycles. The van der Waals surface area contributed by atoms with Gasteiger partial charge in [0.15, 0.2) is 0 Å². The Hall–Kier alpha value is -1.51. The van der Waals surface area contributed by atoms with Crippen molar-refractivity contribution in [2.24, 2.45) is 11.3 Å². The maximum Gasteiger partial charge on any atom is 0.407 e. The molecule has 1 aromatic carbocycles. The van der Waals surface area contributed by atoms with E-state index in [0.717, 1.165) is 0 Å². The van der Waals surface area contributed by atoms with Gasteiger partial charge in [0.1, 0.15) is 0 Å². The van der Waals surface area contributed by atoms with Crippen LogP contribution < -0.4 is 5.32 Å². The van der Waals surface area contributed by atoms with Crippen LogP contribution in [0.1, 0.15) is 32.3 Å². The van der Waals surface area contributed by atoms with Crippen LogP contribution in [0.15, 0.2) is 30.3 Å². The Labute approximate surface area is 109 Å². The van der Waals surface area contributed by atoms with Crippen LogP contribution in [0.2, 0.25) is 0 Å². The summed E-state index contributed by atoms with van der Waals surface area (Å²) in [6.45, 7) is 7.42. The number of rotatable bonds is 4. The molecule has 1 fully saturated rings. The molecular formula is C15H21NO2. The number of carbonyl (C=O) groups is 1. The van der Waals surface area contributed by atoms with Crippen molar-refractivity contribution in [3.05, 3.63) is 35.9 Å². The molecule has 0 aliphatic heterocycles. The first-order valence-corrected chi connectivity index (χ1v) is 6.53. The number of hydrogen-bond donors (Lipinski definition) is 1. The molecule has 1 aliphatic rings. The van der Waals surface area contributed by atoms with Gasteiger partial charge in [-0.05, 0) is 29.7 Å². The van der Waals surface area contributed by atoms with Gasteiger partial charge in [-0.2, -0.15) is 0 Å². The summed E-state index contributed by atoms with van der Waals surface area (Å²) in [6, 6.07) is 10.5. The van der Waals surface area contributed by atoms with Crippen LogP contribution >= 0.6 is 0 Å². The number of alkyl carbamates (subject to hydrolysis) is 1. The van der Waals surface area contributed by atoms with E-state index < -0.39 is 0 Å². The van der Waals surface area contributed by atoms with Crippen LogP contribution in [-0.4, -0.2) is 19.2 Å². The minimum Gasteiger partial charge on any atom is -0.450 e. The van der Waals surface area contributed by atoms with E-state index in [9.17, 15) is 4.79 Å². The third-order valence-electron chi connectivity index (χ3n) is 3.95. The lowest BCUT2D eigenvalue weighted by atomic mass is 10.0. The predicted molar refractivity (Wildman–Crippen MR) is 71.5 cm³/mol. The highest BCUT2D eigenvalue weighted by Crippen LogP contribution is 2.63. The second-order valence-corrected chi connectivity index (χ2v) is 5.42. The van der Waals surface area contributed by atoms with E-state index in [4.69, 9.17) is 4.74 Å². The fourth-order valence-electron chi connectivity index (χ4n) is 2.82. The van der Waals surface area contributed by atoms with Crippen molar-refractivity contribution in [2.75, 3.05) is 13.2 Å². The van der Waals surface area contributed by atoms with E-state index >= 15 is 0 Å². The molecule has 1 N–H and O–H groups in total. The Kier molecular flexibility index (Phi) is 3.60. The van der Waals surface area contributed by atoms with E-state index in [1.807, 2.05) is 13.0 Å². The van der Waals surface area contributed by atoms with Gasteiger partial charge in [0.05, 0.1) is 6.61 Å². The smallest absolute Gasteiger partial charge is 0.407 e. The van der Waals surface area contributed by atoms with Crippen LogP contribution in [0.25, 0.3) is 0 Å². The summed E-state index contributed by atoms with van der Waals surface area (Å²) in [5.41, 5.74) is 1.61. The van der Waals surface area contributed by atoms with E-state index in [1.54, 1.807) is 0 Å². The topological polar surface area (TPSA) is 38.3 Å². The van der Waals surface area contributed by atoms with Gasteiger partial charge in [-0.15, -0.1) is 0 Å². The third-order valence-corrected chi connectivity index (χ3v) is 3.95. The Balaban J connectivity index is 1.93. The second kappa shape index (κ2) is 5.01. The molecule has 2 rings (SSSR count). The first kappa shape index (κ1) is 12.9. The molecule has 3 nitrogen and oxygen atoms in total. The largest absolute Gasteiger partial charge is 0.450 e. The molecule has 2 atom stereocenters. The lowest BCUT2D eigenvalue weighted by Gasteiger charge is -2.05. The summed E-state index contributed by atoms with van der Waals surface area (Å²) in [7, 11) is 0. The number of amides is 1. The van der Waals surface area contributed by atoms with Crippen LogP contribution in [0.3, 0.4) is 0 Å². The predicted octanol–water partition coefficient (Wildman–Crippen LogP) is 3.17. The zero-order valence-corrected chi connectivity index (χ0v) is 11.3. The molecule has 0 spiro atoms. The molecule has 2 unspecified atom stereocenters. The summed E-state index contributed by atoms with van der Waals surface area (Å²) < 4.78 is 4.88. The minimum atomic E-state index is -0.313. The molecule has 1 aromatic rings. The second-order valence-electron chi connectivity index (χ2n) is 5.42. The average molecular weight is 247 g/mol. The summed E-state index contributed by atoms with van der Waals surface area (Å²) in [4.78, 5) is 11.3. The van der Waals surface area contributed by atoms with Gasteiger partial charge in [0, 0.05) is 6.54 Å². The standard InChI is InChI=1S/C15H21NO2/c1-4-18-14(17)16-10-12-13(15(12,2)3)11-8-6-5-7-9-11/h5-9,12-13H,4,10H2,1-3H3,(H,16,17). The van der Waals surface area contributed by atoms with Gasteiger partial charge in [0.2, 0.25) is 0 Å². The zero-order valence-electron chi connectivity index (χ0n) is 11.3. The summed E-state index contributed by atoms with van der Waals surface area (Å²) in [6.07, 6.45) is -0.313. The Morgan fingerprint density at radius 3 is 2.61 bits per heavy atom. The first-order valence-electron chi connectivity index (χ1n) is 6.53. The molecule has 0 radical (unpaired) electrons. The quantitative estimate of drug-likeness (QED) is 0.887. The monoisotopic (exact) mass is 247 g/mol. The van der Waals surface area contributed by atoms with Crippen molar-refractivity contribution in [1.29, 1.82) is 0 Å². The fraction of sp³-hybridized carbons (Fsp3) is 0.533. The SMILES string of the molecule is CCOC(=O)NCC1C(c2ccccc2)C1(C)C. The van der Waals surface area contributed by atoms with Gasteiger partial charge < -0.3 is 10.1 Å². The number of ether oxygens (including phenoxy) is 1. The van der Waals surface area contributed by atoms with Crippen molar-refractivity contribution in [1.82, 2.24) is 5.32 Å². The lowest BCUT2D eigenvalue weighted by molar-refractivity contribution is 0.151. The van der Waals surface area contributed by atoms with Crippen molar-refractivity contribution in [3.8, 4) is 0 Å². The molecule has 1 saturated carbocycles. The van der Waals surface area contributed by atoms with Crippen molar-refractivity contribution < 1.29 is 9.53 Å². The van der Waals surface area contributed by atoms with E-state index in [-0.39, 0.29) is 11.5 Å². The van der Waals surface area contributed by atoms with Crippen molar-refractivity contribution >= 4 is 6.09 Å². The number of carbonyl (C=O) groups excluding carboxylic acids is 1. The summed E-state index contributed by atoms with van der Waals surface area (Å²) in [5, 5.41) is 2.84. The lowest BCUT2D eigenvalue weighted by Crippen LogP contribution is -2.27. The minimum absolute atomic E-state index is 0.251. The van der Waals surface area contributed by atoms with Crippen LogP contribution in [0.4, 0.5) is 4.79 Å². The van der Waals surface area contributed by atoms with Crippen LogP contribution in [0.5, 0.6) is 0 Å². The molecule has 18 heavy (non-hydrogen) atoms. The van der Waals surface area contributed by atoms with Gasteiger partial charge in [-0.3, -0.25) is 0 Å². The van der Waals surface area contributed by atoms with Crippen LogP contribution in [-0.2, 0) is 4.74 Å². The zero-order chi connectivity index (χ0) is 13.2. The van der Waals surface area contributed by atoms with Gasteiger partial charge in [-0.1, -0.05) is 44.2 Å². The Morgan fingerprint density at radius 1 is 1.33 bits per heavy atom. The molecule has 3 heteroatoms. The normalized spacial score (nSPS) is 24.4. The molecule has 0 saturated heterocycles. The molecule has 98 valence electrons. The highest BCUT2D eigenvalue weighted by Gasteiger charge is 2.57. The Bertz CT molecular complexity index is 414. The summed E-state index contributed by atoms with van der Waals surface area (Å²) in [5.74, 6) is 1.02. The Morgan fingerprint density at radius 2 is 2.00 bits per heavy atom. The van der Waals surface area contributed by atoms with Crippen molar-refractivity contribution in [3.63, 3.8) is 0 Å². The van der Waals surface area contributed by atoms with Gasteiger partial charge >= 0.3 is 6.09 Å². The summed E-state index contributed by atoms with van der Waals surface area (Å²) >= 11 is 0. The van der Waals surface area contributed by atoms with Gasteiger partial charge in [-0.25, -0.2) is 4.79 Å². The molecule has 1 amide bonds. The maximum absolute atomic E-state index is 11.3. The van der Waals surface area contributed by atoms with E-state index in [0.29, 0.717) is 25.0 Å². The van der Waals surface area contributed by atoms with E-state index in [2.05, 4.69) is 43.4 Å². The average Bonchev–Trinajstić information content (AvgIpc) is 2.90. The molecule has 0 bridgehead atoms. The van der Waals surface area contributed by atoms with Crippen LogP contribution in [0, 0.1) is 11.3 Å². The molecule has 0 aromatic heterocycles. The first-order chi connectivity index (χ1) is 8.57. The maximum atomic E-state index is 11.3. The number of hydrogen-bond acceptors (Lipinski definition) is 2. The highest BCUT2D eigenvalue weighted by molar-refractivity contribution is 5.67. The third kappa shape index (κ3) is 2.50. The number of benzene rings is 1. The fourth-order valence-corrected chi connectivity index (χ4v) is 2.82.